The van der Waals surface area contributed by atoms with Crippen LogP contribution in [0.15, 0.2) is 36.4 Å². The van der Waals surface area contributed by atoms with Crippen molar-refractivity contribution in [3.05, 3.63) is 58.7 Å². The van der Waals surface area contributed by atoms with Gasteiger partial charge in [0.2, 0.25) is 0 Å². The van der Waals surface area contributed by atoms with E-state index in [9.17, 15) is 9.90 Å². The number of benzene rings is 2. The predicted octanol–water partition coefficient (Wildman–Crippen LogP) is 3.23. The summed E-state index contributed by atoms with van der Waals surface area (Å²) in [6.07, 6.45) is 0.598. The van der Waals surface area contributed by atoms with Crippen molar-refractivity contribution in [3.8, 4) is 34.3 Å². The number of carbonyl (C=O) groups is 1. The third-order valence-electron chi connectivity index (χ3n) is 4.45. The van der Waals surface area contributed by atoms with Gasteiger partial charge in [0.1, 0.15) is 11.3 Å². The van der Waals surface area contributed by atoms with E-state index in [0.29, 0.717) is 17.7 Å². The summed E-state index contributed by atoms with van der Waals surface area (Å²) in [6, 6.07) is 12.7. The SMILES string of the molecule is COc1cc2c(cc1C(=O)O)Cc1c(-c3ccc(C#N)cc3)n[nH]c1-2. The van der Waals surface area contributed by atoms with E-state index in [-0.39, 0.29) is 5.56 Å². The van der Waals surface area contributed by atoms with Crippen molar-refractivity contribution in [2.75, 3.05) is 7.11 Å². The Bertz CT molecular complexity index is 1040. The number of aromatic nitrogens is 2. The maximum atomic E-state index is 11.4. The largest absolute Gasteiger partial charge is 0.496 e. The van der Waals surface area contributed by atoms with Gasteiger partial charge in [-0.25, -0.2) is 4.79 Å². The second-order valence-electron chi connectivity index (χ2n) is 5.81. The van der Waals surface area contributed by atoms with Gasteiger partial charge in [0.15, 0.2) is 0 Å². The lowest BCUT2D eigenvalue weighted by atomic mass is 10.0. The highest BCUT2D eigenvalue weighted by Gasteiger charge is 2.28. The summed E-state index contributed by atoms with van der Waals surface area (Å²) >= 11 is 0. The lowest BCUT2D eigenvalue weighted by Crippen LogP contribution is -2.02. The summed E-state index contributed by atoms with van der Waals surface area (Å²) in [4.78, 5) is 11.4. The maximum Gasteiger partial charge on any atom is 0.339 e. The van der Waals surface area contributed by atoms with E-state index < -0.39 is 5.97 Å². The van der Waals surface area contributed by atoms with Gasteiger partial charge in [-0.3, -0.25) is 5.10 Å². The van der Waals surface area contributed by atoms with Crippen LogP contribution in [0.2, 0.25) is 0 Å². The number of aromatic amines is 1. The Labute approximate surface area is 143 Å². The molecule has 6 heteroatoms. The molecule has 1 aromatic heterocycles. The average Bonchev–Trinajstić information content (AvgIpc) is 3.19. The van der Waals surface area contributed by atoms with E-state index in [1.54, 1.807) is 24.3 Å². The second kappa shape index (κ2) is 5.49. The monoisotopic (exact) mass is 331 g/mol. The Morgan fingerprint density at radius 3 is 2.72 bits per heavy atom. The van der Waals surface area contributed by atoms with Gasteiger partial charge in [-0.2, -0.15) is 10.4 Å². The Morgan fingerprint density at radius 1 is 1.32 bits per heavy atom. The molecule has 0 atom stereocenters. The lowest BCUT2D eigenvalue weighted by molar-refractivity contribution is 0.0693. The van der Waals surface area contributed by atoms with E-state index in [4.69, 9.17) is 10.00 Å². The fraction of sp³-hybridized carbons (Fsp3) is 0.105. The molecule has 0 amide bonds. The van der Waals surface area contributed by atoms with Crippen LogP contribution in [0.3, 0.4) is 0 Å². The molecule has 0 spiro atoms. The first kappa shape index (κ1) is 15.0. The fourth-order valence-electron chi connectivity index (χ4n) is 3.23. The maximum absolute atomic E-state index is 11.4. The Morgan fingerprint density at radius 2 is 2.08 bits per heavy atom. The highest BCUT2D eigenvalue weighted by molar-refractivity contribution is 5.94. The summed E-state index contributed by atoms with van der Waals surface area (Å²) in [7, 11) is 1.46. The molecule has 1 aliphatic rings. The highest BCUT2D eigenvalue weighted by Crippen LogP contribution is 2.42. The van der Waals surface area contributed by atoms with Crippen LogP contribution in [0.5, 0.6) is 5.75 Å². The van der Waals surface area contributed by atoms with E-state index in [1.807, 2.05) is 12.1 Å². The fourth-order valence-corrected chi connectivity index (χ4v) is 3.23. The minimum atomic E-state index is -1.01. The smallest absolute Gasteiger partial charge is 0.339 e. The van der Waals surface area contributed by atoms with Crippen molar-refractivity contribution in [1.29, 1.82) is 5.26 Å². The quantitative estimate of drug-likeness (QED) is 0.600. The van der Waals surface area contributed by atoms with E-state index in [2.05, 4.69) is 16.3 Å². The zero-order valence-corrected chi connectivity index (χ0v) is 13.3. The molecule has 0 fully saturated rings. The molecule has 0 aliphatic heterocycles. The van der Waals surface area contributed by atoms with Crippen molar-refractivity contribution < 1.29 is 14.6 Å². The summed E-state index contributed by atoms with van der Waals surface area (Å²) in [6.45, 7) is 0. The minimum absolute atomic E-state index is 0.152. The highest BCUT2D eigenvalue weighted by atomic mass is 16.5. The van der Waals surface area contributed by atoms with Gasteiger partial charge < -0.3 is 9.84 Å². The second-order valence-corrected chi connectivity index (χ2v) is 5.81. The van der Waals surface area contributed by atoms with Crippen molar-refractivity contribution in [2.45, 2.75) is 6.42 Å². The first-order valence-corrected chi connectivity index (χ1v) is 7.64. The molecule has 0 radical (unpaired) electrons. The topological polar surface area (TPSA) is 99.0 Å². The molecule has 0 saturated carbocycles. The first-order chi connectivity index (χ1) is 12.1. The number of aromatic carboxylic acids is 1. The Kier molecular flexibility index (Phi) is 3.29. The lowest BCUT2D eigenvalue weighted by Gasteiger charge is -2.08. The number of carboxylic acids is 1. The zero-order valence-electron chi connectivity index (χ0n) is 13.3. The van der Waals surface area contributed by atoms with Crippen LogP contribution < -0.4 is 4.74 Å². The van der Waals surface area contributed by atoms with Crippen LogP contribution in [0.1, 0.15) is 27.0 Å². The van der Waals surface area contributed by atoms with Crippen LogP contribution in [-0.2, 0) is 6.42 Å². The van der Waals surface area contributed by atoms with Gasteiger partial charge in [0.05, 0.1) is 30.1 Å². The zero-order chi connectivity index (χ0) is 17.6. The number of nitrogens with zero attached hydrogens (tertiary/aromatic N) is 2. The number of hydrogen-bond acceptors (Lipinski definition) is 4. The molecule has 25 heavy (non-hydrogen) atoms. The molecule has 2 aromatic carbocycles. The molecular formula is C19H13N3O3. The van der Waals surface area contributed by atoms with Crippen molar-refractivity contribution >= 4 is 5.97 Å². The van der Waals surface area contributed by atoms with Crippen molar-refractivity contribution in [2.24, 2.45) is 0 Å². The summed E-state index contributed by atoms with van der Waals surface area (Å²) in [5.41, 5.74) is 6.20. The molecule has 0 saturated heterocycles. The van der Waals surface area contributed by atoms with E-state index in [1.165, 1.54) is 7.11 Å². The van der Waals surface area contributed by atoms with Crippen molar-refractivity contribution in [1.82, 2.24) is 10.2 Å². The van der Waals surface area contributed by atoms with Crippen LogP contribution in [0.4, 0.5) is 0 Å². The third-order valence-corrected chi connectivity index (χ3v) is 4.45. The number of nitrogens with one attached hydrogen (secondary N) is 1. The van der Waals surface area contributed by atoms with Gasteiger partial charge >= 0.3 is 5.97 Å². The van der Waals surface area contributed by atoms with Gasteiger partial charge in [0.25, 0.3) is 0 Å². The van der Waals surface area contributed by atoms with Gasteiger partial charge in [0, 0.05) is 23.1 Å². The molecule has 6 nitrogen and oxygen atoms in total. The Hall–Kier alpha value is -3.59. The number of hydrogen-bond donors (Lipinski definition) is 2. The number of rotatable bonds is 3. The normalized spacial score (nSPS) is 11.5. The minimum Gasteiger partial charge on any atom is -0.496 e. The van der Waals surface area contributed by atoms with Crippen LogP contribution in [0, 0.1) is 11.3 Å². The third kappa shape index (κ3) is 2.25. The first-order valence-electron chi connectivity index (χ1n) is 7.64. The molecule has 0 bridgehead atoms. The number of carboxylic acid groups (broad SMARTS) is 1. The average molecular weight is 331 g/mol. The van der Waals surface area contributed by atoms with Gasteiger partial charge in [-0.1, -0.05) is 12.1 Å². The number of H-pyrrole nitrogens is 1. The molecule has 3 aromatic rings. The molecule has 0 unspecified atom stereocenters. The standard InChI is InChI=1S/C19H13N3O3/c1-25-16-8-13-12(6-14(16)19(23)24)7-15-17(21-22-18(13)15)11-4-2-10(9-20)3-5-11/h2-6,8H,7H2,1H3,(H,21,22)(H,23,24). The molecule has 2 N–H and O–H groups in total. The number of ether oxygens (including phenoxy) is 1. The summed E-state index contributed by atoms with van der Waals surface area (Å²) < 4.78 is 5.22. The molecular weight excluding hydrogens is 318 g/mol. The summed E-state index contributed by atoms with van der Waals surface area (Å²) in [5, 5.41) is 25.7. The predicted molar refractivity (Wildman–Crippen MR) is 90.5 cm³/mol. The van der Waals surface area contributed by atoms with Crippen molar-refractivity contribution in [3.63, 3.8) is 0 Å². The number of nitriles is 1. The molecule has 1 heterocycles. The van der Waals surface area contributed by atoms with Crippen LogP contribution in [0.25, 0.3) is 22.5 Å². The van der Waals surface area contributed by atoms with Gasteiger partial charge in [-0.05, 0) is 29.8 Å². The van der Waals surface area contributed by atoms with E-state index in [0.717, 1.165) is 33.6 Å². The van der Waals surface area contributed by atoms with Gasteiger partial charge in [-0.15, -0.1) is 0 Å². The van der Waals surface area contributed by atoms with E-state index >= 15 is 0 Å². The number of fused-ring (bicyclic) bond motifs is 3. The Balaban J connectivity index is 1.81. The molecule has 1 aliphatic carbocycles. The molecule has 4 rings (SSSR count). The number of methoxy groups -OCH3 is 1. The summed E-state index contributed by atoms with van der Waals surface area (Å²) in [5.74, 6) is -0.686. The van der Waals surface area contributed by atoms with Crippen LogP contribution in [-0.4, -0.2) is 28.4 Å². The molecule has 122 valence electrons. The van der Waals surface area contributed by atoms with Crippen LogP contribution >= 0.6 is 0 Å².